The monoisotopic (exact) mass is 257 g/mol. The van der Waals surface area contributed by atoms with Crippen molar-refractivity contribution in [3.63, 3.8) is 0 Å². The van der Waals surface area contributed by atoms with Gasteiger partial charge < -0.3 is 5.32 Å². The maximum Gasteiger partial charge on any atom is 0.265 e. The summed E-state index contributed by atoms with van der Waals surface area (Å²) in [6.45, 7) is 0. The number of anilines is 1. The number of amides is 1. The summed E-state index contributed by atoms with van der Waals surface area (Å²) < 4.78 is 39.1. The Hall–Kier alpha value is -1.82. The SMILES string of the molecule is O=C(Nc1c(F)cc(F)cc1F)c1cccs1. The molecular weight excluding hydrogens is 251 g/mol. The van der Waals surface area contributed by atoms with Crippen LogP contribution in [0.25, 0.3) is 0 Å². The van der Waals surface area contributed by atoms with Crippen molar-refractivity contribution < 1.29 is 18.0 Å². The van der Waals surface area contributed by atoms with E-state index in [1.807, 2.05) is 0 Å². The Morgan fingerprint density at radius 3 is 2.35 bits per heavy atom. The summed E-state index contributed by atoms with van der Waals surface area (Å²) in [5.74, 6) is -3.96. The third kappa shape index (κ3) is 2.47. The van der Waals surface area contributed by atoms with Gasteiger partial charge in [-0.1, -0.05) is 6.07 Å². The number of carbonyl (C=O) groups excluding carboxylic acids is 1. The molecule has 1 aromatic heterocycles. The van der Waals surface area contributed by atoms with Crippen LogP contribution < -0.4 is 5.32 Å². The summed E-state index contributed by atoms with van der Waals surface area (Å²) in [5, 5.41) is 3.72. The van der Waals surface area contributed by atoms with Crippen molar-refractivity contribution in [3.8, 4) is 0 Å². The van der Waals surface area contributed by atoms with Crippen molar-refractivity contribution in [1.29, 1.82) is 0 Å². The Morgan fingerprint density at radius 2 is 1.82 bits per heavy atom. The van der Waals surface area contributed by atoms with E-state index < -0.39 is 29.0 Å². The van der Waals surface area contributed by atoms with Crippen LogP contribution in [0.1, 0.15) is 9.67 Å². The van der Waals surface area contributed by atoms with Crippen LogP contribution in [0.3, 0.4) is 0 Å². The highest BCUT2D eigenvalue weighted by molar-refractivity contribution is 7.12. The molecule has 6 heteroatoms. The third-order valence-electron chi connectivity index (χ3n) is 1.99. The van der Waals surface area contributed by atoms with E-state index in [1.165, 1.54) is 6.07 Å². The third-order valence-corrected chi connectivity index (χ3v) is 2.86. The van der Waals surface area contributed by atoms with E-state index in [0.717, 1.165) is 11.3 Å². The summed E-state index contributed by atoms with van der Waals surface area (Å²) >= 11 is 1.13. The van der Waals surface area contributed by atoms with E-state index in [1.54, 1.807) is 11.4 Å². The second-order valence-electron chi connectivity index (χ2n) is 3.18. The molecule has 1 aromatic carbocycles. The lowest BCUT2D eigenvalue weighted by Crippen LogP contribution is -2.13. The zero-order valence-electron chi connectivity index (χ0n) is 8.34. The highest BCUT2D eigenvalue weighted by atomic mass is 32.1. The molecule has 0 radical (unpaired) electrons. The largest absolute Gasteiger partial charge is 0.316 e. The summed E-state index contributed by atoms with van der Waals surface area (Å²) in [4.78, 5) is 11.8. The summed E-state index contributed by atoms with van der Waals surface area (Å²) in [6, 6.07) is 4.16. The van der Waals surface area contributed by atoms with Gasteiger partial charge in [-0.15, -0.1) is 11.3 Å². The molecule has 0 aliphatic carbocycles. The van der Waals surface area contributed by atoms with Crippen LogP contribution in [0.15, 0.2) is 29.6 Å². The molecule has 17 heavy (non-hydrogen) atoms. The predicted molar refractivity (Wildman–Crippen MR) is 58.6 cm³/mol. The Morgan fingerprint density at radius 1 is 1.18 bits per heavy atom. The van der Waals surface area contributed by atoms with Crippen molar-refractivity contribution in [2.45, 2.75) is 0 Å². The topological polar surface area (TPSA) is 29.1 Å². The van der Waals surface area contributed by atoms with E-state index in [0.29, 0.717) is 17.0 Å². The second kappa shape index (κ2) is 4.58. The Kier molecular flexibility index (Phi) is 3.14. The Labute approximate surface area is 98.7 Å². The minimum absolute atomic E-state index is 0.313. The molecule has 0 fully saturated rings. The smallest absolute Gasteiger partial charge is 0.265 e. The van der Waals surface area contributed by atoms with Crippen molar-refractivity contribution >= 4 is 22.9 Å². The van der Waals surface area contributed by atoms with Crippen molar-refractivity contribution in [1.82, 2.24) is 0 Å². The van der Waals surface area contributed by atoms with Crippen LogP contribution in [0.2, 0.25) is 0 Å². The van der Waals surface area contributed by atoms with Gasteiger partial charge in [-0.2, -0.15) is 0 Å². The molecular formula is C11H6F3NOS. The van der Waals surface area contributed by atoms with E-state index in [4.69, 9.17) is 0 Å². The number of thiophene rings is 1. The molecule has 0 atom stereocenters. The summed E-state index contributed by atoms with van der Waals surface area (Å²) in [7, 11) is 0. The normalized spacial score (nSPS) is 10.3. The van der Waals surface area contributed by atoms with Gasteiger partial charge in [0.05, 0.1) is 4.88 Å². The summed E-state index contributed by atoms with van der Waals surface area (Å²) in [5.41, 5.74) is -0.648. The van der Waals surface area contributed by atoms with Crippen molar-refractivity contribution in [2.75, 3.05) is 5.32 Å². The van der Waals surface area contributed by atoms with Gasteiger partial charge in [0.2, 0.25) is 0 Å². The molecule has 2 nitrogen and oxygen atoms in total. The first-order valence-electron chi connectivity index (χ1n) is 4.57. The molecule has 0 aliphatic rings. The fourth-order valence-corrected chi connectivity index (χ4v) is 1.86. The molecule has 0 saturated carbocycles. The molecule has 0 spiro atoms. The predicted octanol–water partition coefficient (Wildman–Crippen LogP) is 3.42. The van der Waals surface area contributed by atoms with Gasteiger partial charge >= 0.3 is 0 Å². The van der Waals surface area contributed by atoms with Gasteiger partial charge in [0.25, 0.3) is 5.91 Å². The lowest BCUT2D eigenvalue weighted by molar-refractivity contribution is 0.102. The zero-order chi connectivity index (χ0) is 12.4. The molecule has 2 aromatic rings. The van der Waals surface area contributed by atoms with Crippen LogP contribution in [0.5, 0.6) is 0 Å². The van der Waals surface area contributed by atoms with E-state index in [2.05, 4.69) is 5.32 Å². The summed E-state index contributed by atoms with van der Waals surface area (Å²) in [6.07, 6.45) is 0. The van der Waals surface area contributed by atoms with Crippen LogP contribution >= 0.6 is 11.3 Å². The molecule has 0 aliphatic heterocycles. The number of halogens is 3. The highest BCUT2D eigenvalue weighted by Gasteiger charge is 2.15. The average molecular weight is 257 g/mol. The fourth-order valence-electron chi connectivity index (χ4n) is 1.24. The first-order chi connectivity index (χ1) is 8.08. The minimum atomic E-state index is -1.15. The van der Waals surface area contributed by atoms with Crippen molar-refractivity contribution in [3.05, 3.63) is 52.0 Å². The van der Waals surface area contributed by atoms with Gasteiger partial charge in [-0.05, 0) is 11.4 Å². The van der Waals surface area contributed by atoms with E-state index >= 15 is 0 Å². The molecule has 1 N–H and O–H groups in total. The van der Waals surface area contributed by atoms with Crippen LogP contribution in [-0.4, -0.2) is 5.91 Å². The van der Waals surface area contributed by atoms with Gasteiger partial charge in [-0.25, -0.2) is 13.2 Å². The minimum Gasteiger partial charge on any atom is -0.316 e. The number of carbonyl (C=O) groups is 1. The van der Waals surface area contributed by atoms with Crippen LogP contribution in [-0.2, 0) is 0 Å². The molecule has 2 rings (SSSR count). The van der Waals surface area contributed by atoms with Gasteiger partial charge in [0, 0.05) is 12.1 Å². The number of nitrogens with one attached hydrogen (secondary N) is 1. The second-order valence-corrected chi connectivity index (χ2v) is 4.12. The Bertz CT molecular complexity index is 531. The van der Waals surface area contributed by atoms with Crippen LogP contribution in [0, 0.1) is 17.5 Å². The number of benzene rings is 1. The van der Waals surface area contributed by atoms with Crippen LogP contribution in [0.4, 0.5) is 18.9 Å². The van der Waals surface area contributed by atoms with E-state index in [9.17, 15) is 18.0 Å². The lowest BCUT2D eigenvalue weighted by atomic mass is 10.2. The van der Waals surface area contributed by atoms with Gasteiger partial charge in [-0.3, -0.25) is 4.79 Å². The maximum atomic E-state index is 13.2. The molecule has 88 valence electrons. The van der Waals surface area contributed by atoms with Crippen molar-refractivity contribution in [2.24, 2.45) is 0 Å². The fraction of sp³-hybridized carbons (Fsp3) is 0. The maximum absolute atomic E-state index is 13.2. The van der Waals surface area contributed by atoms with Gasteiger partial charge in [0.1, 0.15) is 11.5 Å². The molecule has 0 saturated heterocycles. The number of hydrogen-bond acceptors (Lipinski definition) is 2. The first-order valence-corrected chi connectivity index (χ1v) is 5.45. The molecule has 0 unspecified atom stereocenters. The molecule has 1 amide bonds. The highest BCUT2D eigenvalue weighted by Crippen LogP contribution is 2.21. The standard InChI is InChI=1S/C11H6F3NOS/c12-6-4-7(13)10(8(14)5-6)15-11(16)9-2-1-3-17-9/h1-5H,(H,15,16). The van der Waals surface area contributed by atoms with Gasteiger partial charge in [0.15, 0.2) is 11.6 Å². The Balaban J connectivity index is 2.28. The quantitative estimate of drug-likeness (QED) is 0.877. The molecule has 0 bridgehead atoms. The lowest BCUT2D eigenvalue weighted by Gasteiger charge is -2.06. The first kappa shape index (κ1) is 11.7. The number of hydrogen-bond donors (Lipinski definition) is 1. The molecule has 1 heterocycles. The average Bonchev–Trinajstić information content (AvgIpc) is 2.76. The van der Waals surface area contributed by atoms with E-state index in [-0.39, 0.29) is 0 Å². The zero-order valence-corrected chi connectivity index (χ0v) is 9.15. The number of rotatable bonds is 2.